The molecule has 0 atom stereocenters. The summed E-state index contributed by atoms with van der Waals surface area (Å²) in [6.45, 7) is -0.0554. The monoisotopic (exact) mass is 402 g/mol. The fourth-order valence-corrected chi connectivity index (χ4v) is 1.18. The van der Waals surface area contributed by atoms with Gasteiger partial charge in [-0.3, -0.25) is 0 Å². The van der Waals surface area contributed by atoms with Crippen molar-refractivity contribution in [2.45, 2.75) is 6.42 Å². The highest BCUT2D eigenvalue weighted by molar-refractivity contribution is 4.89. The average molecular weight is 402 g/mol. The van der Waals surface area contributed by atoms with E-state index in [9.17, 15) is 13.7 Å². The van der Waals surface area contributed by atoms with Crippen molar-refractivity contribution in [3.8, 4) is 12.0 Å². The molecule has 8 heteroatoms. The van der Waals surface area contributed by atoms with E-state index in [0.717, 1.165) is 0 Å². The molecule has 0 bridgehead atoms. The minimum atomic E-state index is -3.72. The first-order chi connectivity index (χ1) is 5.63. The molecular formula is C4H4I2O6. The van der Waals surface area contributed by atoms with Crippen LogP contribution in [0, 0.1) is 12.0 Å². The fraction of sp³-hybridized carbons (Fsp3) is 0.500. The van der Waals surface area contributed by atoms with Crippen LogP contribution in [0.4, 0.5) is 0 Å². The molecule has 0 aliphatic carbocycles. The van der Waals surface area contributed by atoms with Crippen molar-refractivity contribution >= 4 is 0 Å². The predicted octanol–water partition coefficient (Wildman–Crippen LogP) is -10.4. The zero-order valence-electron chi connectivity index (χ0n) is 5.62. The molecule has 0 aliphatic heterocycles. The summed E-state index contributed by atoms with van der Waals surface area (Å²) in [5.74, 6) is 2.26. The Hall–Kier alpha value is 0.620. The van der Waals surface area contributed by atoms with Crippen LogP contribution < -0.4 is 55.9 Å². The summed E-state index contributed by atoms with van der Waals surface area (Å²) < 4.78 is 47.5. The Balaban J connectivity index is 3.22. The van der Waals surface area contributed by atoms with Crippen LogP contribution in [0.1, 0.15) is 6.42 Å². The molecule has 0 aliphatic rings. The number of halogens is 2. The molecule has 0 amide bonds. The van der Waals surface area contributed by atoms with Crippen molar-refractivity contribution in [1.29, 1.82) is 0 Å². The maximum Gasteiger partial charge on any atom is 0.583 e. The van der Waals surface area contributed by atoms with E-state index in [2.05, 4.69) is 12.1 Å². The Labute approximate surface area is 86.6 Å². The van der Waals surface area contributed by atoms with E-state index in [1.54, 1.807) is 0 Å². The summed E-state index contributed by atoms with van der Waals surface area (Å²) in [5, 5.41) is 0. The van der Waals surface area contributed by atoms with Gasteiger partial charge in [0.2, 0.25) is 6.11 Å². The Kier molecular flexibility index (Phi) is 8.65. The van der Waals surface area contributed by atoms with Gasteiger partial charge in [-0.05, 0) is 8.99 Å². The second-order valence-corrected chi connectivity index (χ2v) is 4.52. The van der Waals surface area contributed by atoms with Gasteiger partial charge in [0.25, 0.3) is 0 Å². The fourth-order valence-electron chi connectivity index (χ4n) is 0.262. The summed E-state index contributed by atoms with van der Waals surface area (Å²) in [6.07, 6.45) is 2.01. The third-order valence-electron chi connectivity index (χ3n) is 0.567. The molecule has 0 N–H and O–H groups in total. The smallest absolute Gasteiger partial charge is 0.396 e. The summed E-state index contributed by atoms with van der Waals surface area (Å²) in [4.78, 5) is 0. The predicted molar refractivity (Wildman–Crippen MR) is 19.4 cm³/mol. The molecule has 12 heavy (non-hydrogen) atoms. The molecule has 0 saturated carbocycles. The maximum absolute atomic E-state index is 9.88. The van der Waals surface area contributed by atoms with E-state index >= 15 is 0 Å². The number of rotatable bonds is 4. The van der Waals surface area contributed by atoms with Crippen molar-refractivity contribution in [2.24, 2.45) is 0 Å². The van der Waals surface area contributed by atoms with E-state index < -0.39 is 42.1 Å². The van der Waals surface area contributed by atoms with Crippen LogP contribution in [0.25, 0.3) is 0 Å². The lowest BCUT2D eigenvalue weighted by Gasteiger charge is -1.86. The summed E-state index contributed by atoms with van der Waals surface area (Å²) in [7, 11) is 0. The molecule has 0 fully saturated rings. The Morgan fingerprint density at radius 3 is 2.25 bits per heavy atom. The van der Waals surface area contributed by atoms with E-state index in [1.807, 2.05) is 6.11 Å². The van der Waals surface area contributed by atoms with E-state index in [0.29, 0.717) is 0 Å². The van der Waals surface area contributed by atoms with Gasteiger partial charge in [-0.1, -0.05) is 3.07 Å². The van der Waals surface area contributed by atoms with Crippen molar-refractivity contribution in [3.63, 3.8) is 0 Å². The van der Waals surface area contributed by atoms with Gasteiger partial charge in [-0.15, -0.1) is 0 Å². The maximum atomic E-state index is 9.88. The van der Waals surface area contributed by atoms with E-state index in [4.69, 9.17) is 0 Å². The van der Waals surface area contributed by atoms with E-state index in [1.165, 1.54) is 0 Å². The lowest BCUT2D eigenvalue weighted by molar-refractivity contribution is -1.63. The largest absolute Gasteiger partial charge is 0.583 e. The Morgan fingerprint density at radius 2 is 1.75 bits per heavy atom. The zero-order chi connectivity index (χ0) is 9.40. The highest BCUT2D eigenvalue weighted by Gasteiger charge is 2.10. The van der Waals surface area contributed by atoms with Crippen molar-refractivity contribution < 1.29 is 62.0 Å². The molecule has 0 unspecified atom stereocenters. The first kappa shape index (κ1) is 12.6. The van der Waals surface area contributed by atoms with Crippen molar-refractivity contribution in [1.82, 2.24) is 0 Å². The molecule has 6 nitrogen and oxygen atoms in total. The lowest BCUT2D eigenvalue weighted by atomic mass is 10.5. The minimum Gasteiger partial charge on any atom is -0.396 e. The first-order valence-electron chi connectivity index (χ1n) is 2.52. The molecule has 70 valence electrons. The SMILES string of the molecule is [O-][I+2]([O-])OC#CCCO[I+2]([O-])[O-]. The molecule has 0 saturated heterocycles. The van der Waals surface area contributed by atoms with Gasteiger partial charge in [0.1, 0.15) is 0 Å². The van der Waals surface area contributed by atoms with Gasteiger partial charge < -0.3 is 13.7 Å². The molecule has 0 radical (unpaired) electrons. The molecule has 0 spiro atoms. The van der Waals surface area contributed by atoms with Crippen molar-refractivity contribution in [2.75, 3.05) is 6.61 Å². The molecule has 0 aromatic heterocycles. The van der Waals surface area contributed by atoms with Gasteiger partial charge in [0, 0.05) is 6.42 Å². The van der Waals surface area contributed by atoms with Crippen LogP contribution in [0.2, 0.25) is 0 Å². The Bertz CT molecular complexity index is 161. The summed E-state index contributed by atoms with van der Waals surface area (Å²) in [6, 6.07) is 0. The van der Waals surface area contributed by atoms with Crippen LogP contribution >= 0.6 is 0 Å². The van der Waals surface area contributed by atoms with Crippen LogP contribution in [0.5, 0.6) is 0 Å². The third kappa shape index (κ3) is 10.6. The molecule has 0 aromatic rings. The standard InChI is InChI=1S/C4H4I2O6/c7-5(8)11-3-1-2-4-12-6(9)10/h1,3H2. The zero-order valence-corrected chi connectivity index (χ0v) is 9.93. The van der Waals surface area contributed by atoms with Gasteiger partial charge in [0.05, 0.1) is 0 Å². The number of hydrogen-bond acceptors (Lipinski definition) is 6. The van der Waals surface area contributed by atoms with Crippen LogP contribution in [0.15, 0.2) is 0 Å². The molecule has 0 aromatic carbocycles. The molecule has 0 rings (SSSR count). The van der Waals surface area contributed by atoms with Crippen molar-refractivity contribution in [3.05, 3.63) is 0 Å². The molecular weight excluding hydrogens is 398 g/mol. The van der Waals surface area contributed by atoms with E-state index in [-0.39, 0.29) is 13.0 Å². The third-order valence-corrected chi connectivity index (χ3v) is 2.10. The summed E-state index contributed by atoms with van der Waals surface area (Å²) >= 11 is -7.33. The van der Waals surface area contributed by atoms with Crippen LogP contribution in [0.3, 0.4) is 0 Å². The quantitative estimate of drug-likeness (QED) is 0.263. The normalized spacial score (nSPS) is 9.83. The van der Waals surface area contributed by atoms with Gasteiger partial charge in [0.15, 0.2) is 6.61 Å². The molecule has 0 heterocycles. The topological polar surface area (TPSA) is 111 Å². The van der Waals surface area contributed by atoms with Crippen LogP contribution in [-0.2, 0) is 6.13 Å². The Morgan fingerprint density at radius 1 is 1.08 bits per heavy atom. The highest BCUT2D eigenvalue weighted by atomic mass is 127. The average Bonchev–Trinajstić information content (AvgIpc) is 1.95. The number of hydrogen-bond donors (Lipinski definition) is 0. The first-order valence-corrected chi connectivity index (χ1v) is 7.81. The van der Waals surface area contributed by atoms with Gasteiger partial charge in [-0.2, -0.15) is 0 Å². The minimum absolute atomic E-state index is 0.0554. The van der Waals surface area contributed by atoms with Gasteiger partial charge >= 0.3 is 42.1 Å². The lowest BCUT2D eigenvalue weighted by Crippen LogP contribution is -3.99. The van der Waals surface area contributed by atoms with Gasteiger partial charge in [-0.25, -0.2) is 0 Å². The summed E-state index contributed by atoms with van der Waals surface area (Å²) in [5.41, 5.74) is 0. The second kappa shape index (κ2) is 8.23. The second-order valence-electron chi connectivity index (χ2n) is 1.30. The highest BCUT2D eigenvalue weighted by Crippen LogP contribution is 1.69. The van der Waals surface area contributed by atoms with Crippen LogP contribution in [-0.4, -0.2) is 6.61 Å².